The first-order valence-electron chi connectivity index (χ1n) is 7.65. The van der Waals surface area contributed by atoms with Gasteiger partial charge in [-0.3, -0.25) is 0 Å². The van der Waals surface area contributed by atoms with Crippen LogP contribution in [0, 0.1) is 5.92 Å². The third-order valence-corrected chi connectivity index (χ3v) is 4.76. The maximum Gasteiger partial charge on any atom is 0.221 e. The molecule has 2 heterocycles. The molecule has 0 saturated heterocycles. The first kappa shape index (κ1) is 12.9. The number of nitrogens with zero attached hydrogens (tertiary/aromatic N) is 3. The first-order valence-corrected chi connectivity index (χ1v) is 7.65. The minimum atomic E-state index is 0.384. The van der Waals surface area contributed by atoms with Crippen molar-refractivity contribution in [2.24, 2.45) is 11.7 Å². The van der Waals surface area contributed by atoms with Gasteiger partial charge in [0.2, 0.25) is 5.95 Å². The van der Waals surface area contributed by atoms with Gasteiger partial charge in [0.15, 0.2) is 5.82 Å². The van der Waals surface area contributed by atoms with Crippen LogP contribution in [-0.2, 0) is 0 Å². The summed E-state index contributed by atoms with van der Waals surface area (Å²) >= 11 is 0. The van der Waals surface area contributed by atoms with Gasteiger partial charge in [0.1, 0.15) is 0 Å². The number of aromatic nitrogens is 3. The summed E-state index contributed by atoms with van der Waals surface area (Å²) in [6.07, 6.45) is 5.60. The lowest BCUT2D eigenvalue weighted by molar-refractivity contribution is 0.307. The molecule has 0 aromatic carbocycles. The Labute approximate surface area is 115 Å². The van der Waals surface area contributed by atoms with Crippen molar-refractivity contribution < 1.29 is 0 Å². The minimum Gasteiger partial charge on any atom is -0.354 e. The molecule has 1 aromatic rings. The largest absolute Gasteiger partial charge is 0.354 e. The first-order chi connectivity index (χ1) is 9.19. The molecule has 3 rings (SSSR count). The minimum absolute atomic E-state index is 0.384. The van der Waals surface area contributed by atoms with Gasteiger partial charge in [-0.05, 0) is 38.0 Å². The summed E-state index contributed by atoms with van der Waals surface area (Å²) in [5.74, 6) is 3.12. The molecular weight excluding hydrogens is 238 g/mol. The Hall–Kier alpha value is -1.10. The number of hydrogen-bond acceptors (Lipinski definition) is 4. The maximum absolute atomic E-state index is 5.98. The van der Waals surface area contributed by atoms with Crippen molar-refractivity contribution in [3.63, 3.8) is 0 Å². The van der Waals surface area contributed by atoms with Crippen LogP contribution in [0.3, 0.4) is 0 Å². The Morgan fingerprint density at radius 3 is 2.74 bits per heavy atom. The topological polar surface area (TPSA) is 68.8 Å². The lowest BCUT2D eigenvalue weighted by Gasteiger charge is -2.29. The van der Waals surface area contributed by atoms with Crippen molar-refractivity contribution in [3.8, 4) is 0 Å². The van der Waals surface area contributed by atoms with Gasteiger partial charge < -0.3 is 11.1 Å². The highest BCUT2D eigenvalue weighted by molar-refractivity contribution is 5.29. The van der Waals surface area contributed by atoms with E-state index in [0.717, 1.165) is 50.4 Å². The van der Waals surface area contributed by atoms with Crippen LogP contribution in [0.1, 0.15) is 63.7 Å². The fraction of sp³-hybridized carbons (Fsp3) is 0.857. The average Bonchev–Trinajstić information content (AvgIpc) is 2.83. The van der Waals surface area contributed by atoms with E-state index < -0.39 is 0 Å². The van der Waals surface area contributed by atoms with Crippen LogP contribution in [0.5, 0.6) is 0 Å². The summed E-state index contributed by atoms with van der Waals surface area (Å²) in [4.78, 5) is 4.73. The Morgan fingerprint density at radius 1 is 1.32 bits per heavy atom. The zero-order valence-corrected chi connectivity index (χ0v) is 12.0. The van der Waals surface area contributed by atoms with Crippen LogP contribution in [-0.4, -0.2) is 27.4 Å². The monoisotopic (exact) mass is 263 g/mol. The molecule has 1 saturated carbocycles. The number of hydrogen-bond donors (Lipinski definition) is 2. The van der Waals surface area contributed by atoms with Crippen molar-refractivity contribution in [3.05, 3.63) is 5.82 Å². The van der Waals surface area contributed by atoms with Crippen LogP contribution >= 0.6 is 0 Å². The van der Waals surface area contributed by atoms with Crippen molar-refractivity contribution in [1.82, 2.24) is 14.8 Å². The molecular formula is C14H25N5. The SMILES string of the molecule is CCC1C(C)CNc2nc(C3CCC(N)CC3)nn21. The fourth-order valence-electron chi connectivity index (χ4n) is 3.45. The van der Waals surface area contributed by atoms with Gasteiger partial charge in [0, 0.05) is 18.5 Å². The van der Waals surface area contributed by atoms with Gasteiger partial charge in [0.25, 0.3) is 0 Å². The standard InChI is InChI=1S/C14H25N5/c1-3-12-9(2)8-16-14-17-13(18-19(12)14)10-4-6-11(15)7-5-10/h9-12H,3-8,15H2,1-2H3,(H,16,17,18). The molecule has 1 aromatic heterocycles. The highest BCUT2D eigenvalue weighted by Crippen LogP contribution is 2.34. The molecule has 106 valence electrons. The van der Waals surface area contributed by atoms with Crippen LogP contribution < -0.4 is 11.1 Å². The van der Waals surface area contributed by atoms with E-state index >= 15 is 0 Å². The van der Waals surface area contributed by atoms with E-state index in [0.29, 0.717) is 23.9 Å². The molecule has 2 unspecified atom stereocenters. The Morgan fingerprint density at radius 2 is 2.05 bits per heavy atom. The highest BCUT2D eigenvalue weighted by Gasteiger charge is 2.30. The van der Waals surface area contributed by atoms with Gasteiger partial charge in [0.05, 0.1) is 6.04 Å². The lowest BCUT2D eigenvalue weighted by Crippen LogP contribution is -2.31. The number of rotatable bonds is 2. The molecule has 2 aliphatic rings. The fourth-order valence-corrected chi connectivity index (χ4v) is 3.45. The molecule has 0 bridgehead atoms. The van der Waals surface area contributed by atoms with E-state index in [-0.39, 0.29) is 0 Å². The zero-order chi connectivity index (χ0) is 13.4. The van der Waals surface area contributed by atoms with Crippen molar-refractivity contribution in [2.75, 3.05) is 11.9 Å². The molecule has 0 radical (unpaired) electrons. The van der Waals surface area contributed by atoms with Gasteiger partial charge in [-0.25, -0.2) is 4.68 Å². The second kappa shape index (κ2) is 5.12. The van der Waals surface area contributed by atoms with Crippen molar-refractivity contribution in [2.45, 2.75) is 64.0 Å². The maximum atomic E-state index is 5.98. The summed E-state index contributed by atoms with van der Waals surface area (Å²) < 4.78 is 2.12. The van der Waals surface area contributed by atoms with Crippen molar-refractivity contribution in [1.29, 1.82) is 0 Å². The molecule has 5 nitrogen and oxygen atoms in total. The highest BCUT2D eigenvalue weighted by atomic mass is 15.4. The molecule has 3 N–H and O–H groups in total. The third kappa shape index (κ3) is 2.36. The second-order valence-electron chi connectivity index (χ2n) is 6.18. The van der Waals surface area contributed by atoms with Crippen molar-refractivity contribution >= 4 is 5.95 Å². The van der Waals surface area contributed by atoms with E-state index in [1.54, 1.807) is 0 Å². The number of nitrogens with two attached hydrogens (primary N) is 1. The molecule has 5 heteroatoms. The van der Waals surface area contributed by atoms with E-state index in [2.05, 4.69) is 23.8 Å². The molecule has 1 fully saturated rings. The summed E-state index contributed by atoms with van der Waals surface area (Å²) in [6.45, 7) is 5.52. The van der Waals surface area contributed by atoms with Gasteiger partial charge >= 0.3 is 0 Å². The Bertz CT molecular complexity index is 433. The normalized spacial score (nSPS) is 34.7. The van der Waals surface area contributed by atoms with Crippen LogP contribution in [0.4, 0.5) is 5.95 Å². The van der Waals surface area contributed by atoms with Gasteiger partial charge in [-0.1, -0.05) is 13.8 Å². The average molecular weight is 263 g/mol. The lowest BCUT2D eigenvalue weighted by atomic mass is 9.86. The predicted molar refractivity (Wildman–Crippen MR) is 76.2 cm³/mol. The van der Waals surface area contributed by atoms with E-state index in [1.807, 2.05) is 0 Å². The third-order valence-electron chi connectivity index (χ3n) is 4.76. The Kier molecular flexibility index (Phi) is 3.48. The molecule has 2 atom stereocenters. The number of nitrogens with one attached hydrogen (secondary N) is 1. The second-order valence-corrected chi connectivity index (χ2v) is 6.18. The van der Waals surface area contributed by atoms with Crippen LogP contribution in [0.2, 0.25) is 0 Å². The van der Waals surface area contributed by atoms with E-state index in [1.165, 1.54) is 0 Å². The number of anilines is 1. The molecule has 1 aliphatic carbocycles. The summed E-state index contributed by atoms with van der Waals surface area (Å²) in [6, 6.07) is 0.873. The molecule has 0 spiro atoms. The van der Waals surface area contributed by atoms with Crippen LogP contribution in [0.25, 0.3) is 0 Å². The summed E-state index contributed by atoms with van der Waals surface area (Å²) in [5.41, 5.74) is 5.98. The van der Waals surface area contributed by atoms with Gasteiger partial charge in [-0.15, -0.1) is 0 Å². The van der Waals surface area contributed by atoms with E-state index in [9.17, 15) is 0 Å². The van der Waals surface area contributed by atoms with E-state index in [4.69, 9.17) is 15.8 Å². The smallest absolute Gasteiger partial charge is 0.221 e. The van der Waals surface area contributed by atoms with Gasteiger partial charge in [-0.2, -0.15) is 10.1 Å². The summed E-state index contributed by atoms with van der Waals surface area (Å²) in [5, 5.41) is 8.21. The predicted octanol–water partition coefficient (Wildman–Crippen LogP) is 2.28. The quantitative estimate of drug-likeness (QED) is 0.859. The molecule has 1 aliphatic heterocycles. The van der Waals surface area contributed by atoms with Crippen LogP contribution in [0.15, 0.2) is 0 Å². The Balaban J connectivity index is 1.82. The summed E-state index contributed by atoms with van der Waals surface area (Å²) in [7, 11) is 0. The molecule has 0 amide bonds. The zero-order valence-electron chi connectivity index (χ0n) is 12.0. The molecule has 19 heavy (non-hydrogen) atoms. The number of fused-ring (bicyclic) bond motifs is 1.